The second-order valence-electron chi connectivity index (χ2n) is 5.01. The van der Waals surface area contributed by atoms with Gasteiger partial charge in [0.1, 0.15) is 5.82 Å². The highest BCUT2D eigenvalue weighted by molar-refractivity contribution is 5.46. The molecule has 17 heavy (non-hydrogen) atoms. The van der Waals surface area contributed by atoms with Crippen LogP contribution in [0, 0.1) is 29.5 Å². The average Bonchev–Trinajstić information content (AvgIpc) is 2.29. The largest absolute Gasteiger partial charge is 0.383 e. The lowest BCUT2D eigenvalue weighted by Crippen LogP contribution is -2.11. The van der Waals surface area contributed by atoms with E-state index in [0.29, 0.717) is 12.2 Å². The second-order valence-corrected chi connectivity index (χ2v) is 5.01. The third kappa shape index (κ3) is 4.44. The quantitative estimate of drug-likeness (QED) is 0.785. The van der Waals surface area contributed by atoms with E-state index in [2.05, 4.69) is 11.4 Å². The van der Waals surface area contributed by atoms with Gasteiger partial charge in [-0.25, -0.2) is 4.39 Å². The summed E-state index contributed by atoms with van der Waals surface area (Å²) in [5.41, 5.74) is 1.28. The van der Waals surface area contributed by atoms with Gasteiger partial charge in [0.2, 0.25) is 0 Å². The molecule has 0 aliphatic carbocycles. The predicted octanol–water partition coefficient (Wildman–Crippen LogP) is 3.88. The van der Waals surface area contributed by atoms with E-state index in [9.17, 15) is 4.39 Å². The van der Waals surface area contributed by atoms with Crippen molar-refractivity contribution >= 4 is 5.69 Å². The van der Waals surface area contributed by atoms with Crippen LogP contribution >= 0.6 is 0 Å². The van der Waals surface area contributed by atoms with Gasteiger partial charge in [0.25, 0.3) is 0 Å². The van der Waals surface area contributed by atoms with Gasteiger partial charge in [0, 0.05) is 6.54 Å². The molecule has 0 saturated heterocycles. The summed E-state index contributed by atoms with van der Waals surface area (Å²) in [4.78, 5) is 0. The summed E-state index contributed by atoms with van der Waals surface area (Å²) in [5.74, 6) is -0.227. The van der Waals surface area contributed by atoms with Gasteiger partial charge >= 0.3 is 0 Å². The molecule has 0 atom stereocenters. The fourth-order valence-electron chi connectivity index (χ4n) is 1.58. The minimum atomic E-state index is -0.299. The molecule has 0 aliphatic heterocycles. The van der Waals surface area contributed by atoms with Crippen LogP contribution in [0.5, 0.6) is 0 Å². The van der Waals surface area contributed by atoms with Crippen LogP contribution in [0.25, 0.3) is 0 Å². The van der Waals surface area contributed by atoms with Gasteiger partial charge < -0.3 is 5.32 Å². The summed E-state index contributed by atoms with van der Waals surface area (Å²) in [7, 11) is 0. The van der Waals surface area contributed by atoms with E-state index in [4.69, 9.17) is 5.26 Å². The first-order valence-electron chi connectivity index (χ1n) is 5.86. The maximum Gasteiger partial charge on any atom is 0.146 e. The maximum atomic E-state index is 13.4. The number of nitrogens with zero attached hydrogens (tertiary/aromatic N) is 1. The minimum Gasteiger partial charge on any atom is -0.383 e. The van der Waals surface area contributed by atoms with Gasteiger partial charge in [-0.05, 0) is 51.3 Å². The highest BCUT2D eigenvalue weighted by atomic mass is 19.1. The molecule has 3 heteroatoms. The van der Waals surface area contributed by atoms with E-state index in [1.165, 1.54) is 6.07 Å². The van der Waals surface area contributed by atoms with E-state index in [1.807, 2.05) is 20.8 Å². The molecule has 0 unspecified atom stereocenters. The van der Waals surface area contributed by atoms with Crippen molar-refractivity contribution in [3.05, 3.63) is 29.6 Å². The summed E-state index contributed by atoms with van der Waals surface area (Å²) in [6.45, 7) is 6.45. The third-order valence-electron chi connectivity index (χ3n) is 2.72. The molecule has 0 spiro atoms. The Morgan fingerprint density at radius 1 is 1.41 bits per heavy atom. The Hall–Kier alpha value is -1.56. The molecule has 0 amide bonds. The molecule has 0 radical (unpaired) electrons. The van der Waals surface area contributed by atoms with Crippen molar-refractivity contribution in [3.8, 4) is 6.07 Å². The van der Waals surface area contributed by atoms with E-state index < -0.39 is 0 Å². The van der Waals surface area contributed by atoms with Crippen molar-refractivity contribution in [1.29, 1.82) is 5.26 Å². The maximum absolute atomic E-state index is 13.4. The molecule has 92 valence electrons. The fourth-order valence-corrected chi connectivity index (χ4v) is 1.58. The predicted molar refractivity (Wildman–Crippen MR) is 68.3 cm³/mol. The normalized spacial score (nSPS) is 11.0. The summed E-state index contributed by atoms with van der Waals surface area (Å²) >= 11 is 0. The number of nitrogens with one attached hydrogen (secondary N) is 1. The lowest BCUT2D eigenvalue weighted by molar-refractivity contribution is 0.441. The van der Waals surface area contributed by atoms with Crippen LogP contribution in [0.15, 0.2) is 18.2 Å². The number of nitriles is 1. The Bertz CT molecular complexity index is 419. The van der Waals surface area contributed by atoms with Gasteiger partial charge in [0.05, 0.1) is 17.2 Å². The van der Waals surface area contributed by atoms with Gasteiger partial charge in [-0.15, -0.1) is 0 Å². The Labute approximate surface area is 102 Å². The lowest BCUT2D eigenvalue weighted by Gasteiger charge is -2.15. The Balaban J connectivity index is 2.42. The highest BCUT2D eigenvalue weighted by Crippen LogP contribution is 2.21. The van der Waals surface area contributed by atoms with Crippen molar-refractivity contribution in [2.45, 2.75) is 33.6 Å². The fraction of sp³-hybridized carbons (Fsp3) is 0.500. The molecule has 1 aromatic carbocycles. The second kappa shape index (κ2) is 5.67. The average molecular weight is 234 g/mol. The molecule has 1 aromatic rings. The molecule has 0 bridgehead atoms. The third-order valence-corrected chi connectivity index (χ3v) is 2.72. The van der Waals surface area contributed by atoms with Crippen molar-refractivity contribution in [2.75, 3.05) is 11.9 Å². The minimum absolute atomic E-state index is 0.227. The molecule has 1 N–H and O–H groups in total. The van der Waals surface area contributed by atoms with Gasteiger partial charge in [0.15, 0.2) is 0 Å². The van der Waals surface area contributed by atoms with Crippen LogP contribution in [0.4, 0.5) is 10.1 Å². The molecule has 0 heterocycles. The number of aryl methyl sites for hydroxylation is 1. The van der Waals surface area contributed by atoms with Crippen LogP contribution in [-0.2, 0) is 0 Å². The van der Waals surface area contributed by atoms with Crippen LogP contribution in [0.2, 0.25) is 0 Å². The van der Waals surface area contributed by atoms with Gasteiger partial charge in [-0.1, -0.05) is 6.07 Å². The van der Waals surface area contributed by atoms with Crippen molar-refractivity contribution in [3.63, 3.8) is 0 Å². The Morgan fingerprint density at radius 2 is 2.12 bits per heavy atom. The zero-order valence-corrected chi connectivity index (χ0v) is 10.7. The first kappa shape index (κ1) is 13.5. The van der Waals surface area contributed by atoms with Crippen LogP contribution in [0.1, 0.15) is 32.3 Å². The smallest absolute Gasteiger partial charge is 0.146 e. The molecule has 2 nitrogen and oxygen atoms in total. The van der Waals surface area contributed by atoms with E-state index in [0.717, 1.165) is 18.4 Å². The van der Waals surface area contributed by atoms with E-state index >= 15 is 0 Å². The molecule has 0 aliphatic rings. The summed E-state index contributed by atoms with van der Waals surface area (Å²) < 4.78 is 13.4. The Morgan fingerprint density at radius 3 is 2.76 bits per heavy atom. The number of rotatable bonds is 5. The summed E-state index contributed by atoms with van der Waals surface area (Å²) in [6, 6.07) is 7.27. The lowest BCUT2D eigenvalue weighted by atomic mass is 9.90. The number of halogens is 1. The zero-order valence-electron chi connectivity index (χ0n) is 10.7. The first-order valence-corrected chi connectivity index (χ1v) is 5.86. The van der Waals surface area contributed by atoms with E-state index in [1.54, 1.807) is 12.1 Å². The van der Waals surface area contributed by atoms with Crippen molar-refractivity contribution in [1.82, 2.24) is 0 Å². The van der Waals surface area contributed by atoms with Gasteiger partial charge in [-0.2, -0.15) is 5.26 Å². The van der Waals surface area contributed by atoms with E-state index in [-0.39, 0.29) is 11.2 Å². The standard InChI is InChI=1S/C14H19FN2/c1-11-5-6-12(15)13(9-11)17-8-4-7-14(2,3)10-16/h5-6,9,17H,4,7-8H2,1-3H3. The zero-order chi connectivity index (χ0) is 12.9. The molecule has 1 rings (SSSR count). The van der Waals surface area contributed by atoms with Crippen molar-refractivity contribution < 1.29 is 4.39 Å². The first-order chi connectivity index (χ1) is 7.94. The van der Waals surface area contributed by atoms with Crippen molar-refractivity contribution in [2.24, 2.45) is 5.41 Å². The topological polar surface area (TPSA) is 35.8 Å². The van der Waals surface area contributed by atoms with Crippen LogP contribution in [-0.4, -0.2) is 6.54 Å². The number of hydrogen-bond acceptors (Lipinski definition) is 2. The number of benzene rings is 1. The Kier molecular flexibility index (Phi) is 4.51. The SMILES string of the molecule is Cc1ccc(F)c(NCCCC(C)(C)C#N)c1. The number of hydrogen-bond donors (Lipinski definition) is 1. The molecule has 0 fully saturated rings. The van der Waals surface area contributed by atoms with Crippen LogP contribution in [0.3, 0.4) is 0 Å². The monoisotopic (exact) mass is 234 g/mol. The van der Waals surface area contributed by atoms with Crippen LogP contribution < -0.4 is 5.32 Å². The molecular weight excluding hydrogens is 215 g/mol. The molecule has 0 aromatic heterocycles. The highest BCUT2D eigenvalue weighted by Gasteiger charge is 2.15. The summed E-state index contributed by atoms with van der Waals surface area (Å²) in [6.07, 6.45) is 1.66. The molecule has 0 saturated carbocycles. The summed E-state index contributed by atoms with van der Waals surface area (Å²) in [5, 5.41) is 11.9. The molecular formula is C14H19FN2. The number of anilines is 1. The van der Waals surface area contributed by atoms with Gasteiger partial charge in [-0.3, -0.25) is 0 Å².